The molecule has 2 rings (SSSR count). The average Bonchev–Trinajstić information content (AvgIpc) is 2.36. The van der Waals surface area contributed by atoms with Crippen LogP contribution in [0.1, 0.15) is 12.5 Å². The fourth-order valence-electron chi connectivity index (χ4n) is 1.95. The van der Waals surface area contributed by atoms with Crippen molar-refractivity contribution in [2.45, 2.75) is 19.4 Å². The molecule has 0 aliphatic rings. The first-order chi connectivity index (χ1) is 9.45. The molecule has 106 valence electrons. The molecule has 0 fully saturated rings. The fraction of sp³-hybridized carbons (Fsp3) is 0.200. The molecule has 0 aliphatic carbocycles. The van der Waals surface area contributed by atoms with Crippen molar-refractivity contribution in [3.05, 3.63) is 64.4 Å². The summed E-state index contributed by atoms with van der Waals surface area (Å²) in [6, 6.07) is 8.28. The Morgan fingerprint density at radius 3 is 2.15 bits per heavy atom. The lowest BCUT2D eigenvalue weighted by Gasteiger charge is -2.16. The molecule has 2 aromatic carbocycles. The Morgan fingerprint density at radius 2 is 1.60 bits per heavy atom. The van der Waals surface area contributed by atoms with Crippen LogP contribution in [0, 0.1) is 17.5 Å². The maximum atomic E-state index is 13.5. The lowest BCUT2D eigenvalue weighted by Crippen LogP contribution is -2.20. The van der Waals surface area contributed by atoms with Crippen LogP contribution in [-0.2, 0) is 6.42 Å². The minimum absolute atomic E-state index is 0.217. The quantitative estimate of drug-likeness (QED) is 0.855. The van der Waals surface area contributed by atoms with Crippen LogP contribution >= 0.6 is 11.6 Å². The first kappa shape index (κ1) is 14.7. The van der Waals surface area contributed by atoms with Crippen molar-refractivity contribution in [3.63, 3.8) is 0 Å². The lowest BCUT2D eigenvalue weighted by atomic mass is 10.1. The molecule has 0 saturated carbocycles. The fourth-order valence-corrected chi connectivity index (χ4v) is 2.08. The Kier molecular flexibility index (Phi) is 4.55. The van der Waals surface area contributed by atoms with Crippen molar-refractivity contribution in [2.75, 3.05) is 5.32 Å². The van der Waals surface area contributed by atoms with Gasteiger partial charge in [0.2, 0.25) is 0 Å². The topological polar surface area (TPSA) is 12.0 Å². The smallest absolute Gasteiger partial charge is 0.152 e. The summed E-state index contributed by atoms with van der Waals surface area (Å²) >= 11 is 5.78. The first-order valence-corrected chi connectivity index (χ1v) is 6.49. The van der Waals surface area contributed by atoms with Crippen molar-refractivity contribution in [1.29, 1.82) is 0 Å². The normalized spacial score (nSPS) is 12.2. The van der Waals surface area contributed by atoms with Crippen LogP contribution in [-0.4, -0.2) is 6.04 Å². The zero-order chi connectivity index (χ0) is 14.7. The molecule has 5 heteroatoms. The van der Waals surface area contributed by atoms with E-state index in [1.165, 1.54) is 0 Å². The molecule has 20 heavy (non-hydrogen) atoms. The predicted molar refractivity (Wildman–Crippen MR) is 74.6 cm³/mol. The Balaban J connectivity index is 2.08. The lowest BCUT2D eigenvalue weighted by molar-refractivity contribution is 0.544. The highest BCUT2D eigenvalue weighted by molar-refractivity contribution is 6.30. The third-order valence-corrected chi connectivity index (χ3v) is 3.10. The third-order valence-electron chi connectivity index (χ3n) is 2.85. The monoisotopic (exact) mass is 299 g/mol. The molecule has 0 spiro atoms. The Labute approximate surface area is 120 Å². The number of benzene rings is 2. The van der Waals surface area contributed by atoms with Crippen LogP contribution in [0.15, 0.2) is 36.4 Å². The standard InChI is InChI=1S/C15H13ClF3N/c1-9(6-10-2-4-11(16)5-3-10)20-15-13(18)7-12(17)8-14(15)19/h2-5,7-9,20H,6H2,1H3. The van der Waals surface area contributed by atoms with E-state index in [9.17, 15) is 13.2 Å². The number of halogens is 4. The van der Waals surface area contributed by atoms with Gasteiger partial charge in [-0.1, -0.05) is 23.7 Å². The summed E-state index contributed by atoms with van der Waals surface area (Å²) < 4.78 is 39.8. The maximum absolute atomic E-state index is 13.5. The van der Waals surface area contributed by atoms with E-state index in [2.05, 4.69) is 5.32 Å². The molecule has 2 aromatic rings. The van der Waals surface area contributed by atoms with Crippen molar-refractivity contribution in [3.8, 4) is 0 Å². The second-order valence-electron chi connectivity index (χ2n) is 4.62. The minimum Gasteiger partial charge on any atom is -0.378 e. The highest BCUT2D eigenvalue weighted by Gasteiger charge is 2.14. The second-order valence-corrected chi connectivity index (χ2v) is 5.06. The Bertz CT molecular complexity index is 576. The molecule has 0 aromatic heterocycles. The van der Waals surface area contributed by atoms with Gasteiger partial charge < -0.3 is 5.32 Å². The number of rotatable bonds is 4. The van der Waals surface area contributed by atoms with Crippen molar-refractivity contribution >= 4 is 17.3 Å². The predicted octanol–water partition coefficient (Wildman–Crippen LogP) is 4.80. The highest BCUT2D eigenvalue weighted by Crippen LogP contribution is 2.22. The molecular formula is C15H13ClF3N. The van der Waals surface area contributed by atoms with Gasteiger partial charge in [0.25, 0.3) is 0 Å². The van der Waals surface area contributed by atoms with E-state index in [-0.39, 0.29) is 11.7 Å². The van der Waals surface area contributed by atoms with Crippen LogP contribution in [0.2, 0.25) is 5.02 Å². The summed E-state index contributed by atoms with van der Waals surface area (Å²) in [4.78, 5) is 0. The van der Waals surface area contributed by atoms with Crippen LogP contribution in [0.3, 0.4) is 0 Å². The van der Waals surface area contributed by atoms with E-state index in [0.29, 0.717) is 23.6 Å². The zero-order valence-corrected chi connectivity index (χ0v) is 11.5. The van der Waals surface area contributed by atoms with Crippen LogP contribution in [0.5, 0.6) is 0 Å². The van der Waals surface area contributed by atoms with Crippen LogP contribution in [0.4, 0.5) is 18.9 Å². The van der Waals surface area contributed by atoms with E-state index in [1.54, 1.807) is 19.1 Å². The summed E-state index contributed by atoms with van der Waals surface area (Å²) in [5, 5.41) is 3.35. The average molecular weight is 300 g/mol. The number of anilines is 1. The Hall–Kier alpha value is -1.68. The van der Waals surface area contributed by atoms with Gasteiger partial charge in [-0.05, 0) is 31.0 Å². The van der Waals surface area contributed by atoms with E-state index < -0.39 is 17.5 Å². The summed E-state index contributed by atoms with van der Waals surface area (Å²) in [5.41, 5.74) is 0.671. The van der Waals surface area contributed by atoms with Gasteiger partial charge in [0.1, 0.15) is 11.5 Å². The van der Waals surface area contributed by atoms with E-state index in [0.717, 1.165) is 5.56 Å². The van der Waals surface area contributed by atoms with Crippen LogP contribution in [0.25, 0.3) is 0 Å². The van der Waals surface area contributed by atoms with Crippen molar-refractivity contribution in [1.82, 2.24) is 0 Å². The largest absolute Gasteiger partial charge is 0.378 e. The first-order valence-electron chi connectivity index (χ1n) is 6.11. The van der Waals surface area contributed by atoms with Gasteiger partial charge in [0, 0.05) is 23.2 Å². The van der Waals surface area contributed by atoms with E-state index in [1.807, 2.05) is 12.1 Å². The molecule has 0 saturated heterocycles. The molecule has 0 radical (unpaired) electrons. The highest BCUT2D eigenvalue weighted by atomic mass is 35.5. The third kappa shape index (κ3) is 3.67. The molecule has 0 amide bonds. The second kappa shape index (κ2) is 6.18. The summed E-state index contributed by atoms with van der Waals surface area (Å²) in [6.07, 6.45) is 0.563. The van der Waals surface area contributed by atoms with Crippen molar-refractivity contribution < 1.29 is 13.2 Å². The SMILES string of the molecule is CC(Cc1ccc(Cl)cc1)Nc1c(F)cc(F)cc1F. The maximum Gasteiger partial charge on any atom is 0.152 e. The van der Waals surface area contributed by atoms with Gasteiger partial charge in [-0.3, -0.25) is 0 Å². The van der Waals surface area contributed by atoms with E-state index in [4.69, 9.17) is 11.6 Å². The van der Waals surface area contributed by atoms with Crippen molar-refractivity contribution in [2.24, 2.45) is 0 Å². The van der Waals surface area contributed by atoms with Gasteiger partial charge in [-0.25, -0.2) is 13.2 Å². The van der Waals surface area contributed by atoms with E-state index >= 15 is 0 Å². The molecule has 1 atom stereocenters. The number of nitrogens with one attached hydrogen (secondary N) is 1. The summed E-state index contributed by atoms with van der Waals surface area (Å²) in [5.74, 6) is -2.81. The van der Waals surface area contributed by atoms with Gasteiger partial charge in [0.15, 0.2) is 11.6 Å². The van der Waals surface area contributed by atoms with Gasteiger partial charge in [-0.2, -0.15) is 0 Å². The van der Waals surface area contributed by atoms with Gasteiger partial charge in [-0.15, -0.1) is 0 Å². The minimum atomic E-state index is -0.939. The summed E-state index contributed by atoms with van der Waals surface area (Å²) in [6.45, 7) is 1.79. The molecular weight excluding hydrogens is 287 g/mol. The number of hydrogen-bond acceptors (Lipinski definition) is 1. The molecule has 1 unspecified atom stereocenters. The molecule has 1 nitrogen and oxygen atoms in total. The molecule has 0 aliphatic heterocycles. The Morgan fingerprint density at radius 1 is 1.05 bits per heavy atom. The van der Waals surface area contributed by atoms with Gasteiger partial charge >= 0.3 is 0 Å². The molecule has 1 N–H and O–H groups in total. The molecule has 0 heterocycles. The summed E-state index contributed by atoms with van der Waals surface area (Å²) in [7, 11) is 0. The van der Waals surface area contributed by atoms with Crippen LogP contribution < -0.4 is 5.32 Å². The zero-order valence-electron chi connectivity index (χ0n) is 10.8. The number of hydrogen-bond donors (Lipinski definition) is 1. The van der Waals surface area contributed by atoms with Gasteiger partial charge in [0.05, 0.1) is 0 Å². The molecule has 0 bridgehead atoms.